The zero-order valence-electron chi connectivity index (χ0n) is 33.9. The summed E-state index contributed by atoms with van der Waals surface area (Å²) in [7, 11) is 0. The van der Waals surface area contributed by atoms with E-state index in [0.29, 0.717) is 0 Å². The van der Waals surface area contributed by atoms with Crippen LogP contribution >= 0.6 is 0 Å². The average Bonchev–Trinajstić information content (AvgIpc) is 3.69. The van der Waals surface area contributed by atoms with Crippen molar-refractivity contribution in [2.24, 2.45) is 0 Å². The highest BCUT2D eigenvalue weighted by atomic mass is 16.6. The maximum atomic E-state index is 13.7. The minimum atomic E-state index is -1.02. The molecule has 1 heterocycles. The topological polar surface area (TPSA) is 141 Å². The zero-order chi connectivity index (χ0) is 42.0. The fourth-order valence-electron chi connectivity index (χ4n) is 6.41. The quantitative estimate of drug-likeness (QED) is 0.0818. The van der Waals surface area contributed by atoms with E-state index in [-0.39, 0.29) is 72.1 Å². The summed E-state index contributed by atoms with van der Waals surface area (Å²) in [5.74, 6) is -2.27. The molecule has 0 N–H and O–H groups in total. The van der Waals surface area contributed by atoms with Gasteiger partial charge in [0, 0.05) is 25.7 Å². The lowest BCUT2D eigenvalue weighted by atomic mass is 10.1. The van der Waals surface area contributed by atoms with Gasteiger partial charge in [-0.05, 0) is 49.4 Å². The van der Waals surface area contributed by atoms with Gasteiger partial charge in [0.25, 0.3) is 0 Å². The predicted molar refractivity (Wildman–Crippen MR) is 218 cm³/mol. The maximum Gasteiger partial charge on any atom is 0.411 e. The Morgan fingerprint density at radius 1 is 0.559 bits per heavy atom. The lowest BCUT2D eigenvalue weighted by Crippen LogP contribution is -2.47. The second-order valence-corrected chi connectivity index (χ2v) is 15.3. The molecule has 59 heavy (non-hydrogen) atoms. The maximum absolute atomic E-state index is 13.7. The van der Waals surface area contributed by atoms with E-state index in [4.69, 9.17) is 23.7 Å². The van der Waals surface area contributed by atoms with Gasteiger partial charge in [-0.3, -0.25) is 29.1 Å². The van der Waals surface area contributed by atoms with Crippen LogP contribution in [-0.2, 0) is 69.3 Å². The molecule has 312 valence electrons. The van der Waals surface area contributed by atoms with E-state index in [9.17, 15) is 24.0 Å². The summed E-state index contributed by atoms with van der Waals surface area (Å²) < 4.78 is 28.2. The van der Waals surface area contributed by atoms with E-state index in [0.717, 1.165) is 22.3 Å². The van der Waals surface area contributed by atoms with E-state index < -0.39 is 47.7 Å². The van der Waals surface area contributed by atoms with Crippen molar-refractivity contribution >= 4 is 30.0 Å². The summed E-state index contributed by atoms with van der Waals surface area (Å²) in [6.07, 6.45) is -0.575. The summed E-state index contributed by atoms with van der Waals surface area (Å²) in [6, 6.07) is 35.4. The first kappa shape index (κ1) is 44.1. The van der Waals surface area contributed by atoms with Crippen molar-refractivity contribution in [1.82, 2.24) is 14.7 Å². The zero-order valence-corrected chi connectivity index (χ0v) is 33.9. The Labute approximate surface area is 345 Å². The lowest BCUT2D eigenvalue weighted by molar-refractivity contribution is -0.152. The van der Waals surface area contributed by atoms with E-state index in [2.05, 4.69) is 0 Å². The largest absolute Gasteiger partial charge is 0.460 e. The number of amides is 1. The molecular formula is C46H53N3O10. The highest BCUT2D eigenvalue weighted by Gasteiger charge is 2.45. The van der Waals surface area contributed by atoms with E-state index in [1.54, 1.807) is 30.6 Å². The number of carbonyl (C=O) groups excluding carboxylic acids is 5. The van der Waals surface area contributed by atoms with Gasteiger partial charge in [-0.15, -0.1) is 0 Å². The number of benzene rings is 4. The van der Waals surface area contributed by atoms with Gasteiger partial charge < -0.3 is 23.7 Å². The van der Waals surface area contributed by atoms with Crippen LogP contribution in [0, 0.1) is 0 Å². The molecule has 4 aromatic rings. The number of ether oxygens (including phenoxy) is 5. The van der Waals surface area contributed by atoms with Gasteiger partial charge in [-0.25, -0.2) is 9.59 Å². The van der Waals surface area contributed by atoms with E-state index in [1.807, 2.05) is 121 Å². The smallest absolute Gasteiger partial charge is 0.411 e. The summed E-state index contributed by atoms with van der Waals surface area (Å²) in [6.45, 7) is 4.94. The third kappa shape index (κ3) is 15.3. The Morgan fingerprint density at radius 3 is 1.36 bits per heavy atom. The van der Waals surface area contributed by atoms with Crippen LogP contribution in [0.2, 0.25) is 0 Å². The number of nitrogens with zero attached hydrogens (tertiary/aromatic N) is 3. The number of rotatable bonds is 19. The van der Waals surface area contributed by atoms with Crippen LogP contribution in [-0.4, -0.2) is 102 Å². The van der Waals surface area contributed by atoms with Crippen molar-refractivity contribution in [3.05, 3.63) is 144 Å². The van der Waals surface area contributed by atoms with Gasteiger partial charge in [0.15, 0.2) is 0 Å². The standard InChI is InChI=1S/C46H53N3O10/c1-46(2,3)59-45(54)49-27-39(26-40(49)44(53)58-34-38-22-14-7-15-23-38)48(30-43(52)57-33-37-20-12-6-13-21-37)25-24-47(28-41(50)55-31-35-16-8-4-9-17-35)29-42(51)56-32-36-18-10-5-11-19-36/h4-23,39-40H,24-34H2,1-3H3/t39-,40-/m0/s1. The molecule has 0 radical (unpaired) electrons. The van der Waals surface area contributed by atoms with Crippen LogP contribution in [0.25, 0.3) is 0 Å². The molecule has 1 amide bonds. The molecule has 1 fully saturated rings. The third-order valence-electron chi connectivity index (χ3n) is 9.39. The third-order valence-corrected chi connectivity index (χ3v) is 9.39. The summed E-state index contributed by atoms with van der Waals surface area (Å²) >= 11 is 0. The molecule has 0 aliphatic carbocycles. The lowest BCUT2D eigenvalue weighted by Gasteiger charge is -2.31. The van der Waals surface area contributed by atoms with Gasteiger partial charge in [-0.1, -0.05) is 121 Å². The second-order valence-electron chi connectivity index (χ2n) is 15.3. The molecule has 13 heteroatoms. The Bertz CT molecular complexity index is 1880. The normalized spacial score (nSPS) is 15.1. The molecule has 1 aliphatic heterocycles. The highest BCUT2D eigenvalue weighted by molar-refractivity contribution is 5.82. The summed E-state index contributed by atoms with van der Waals surface area (Å²) in [4.78, 5) is 71.9. The Morgan fingerprint density at radius 2 is 0.949 bits per heavy atom. The minimum Gasteiger partial charge on any atom is -0.460 e. The molecule has 1 saturated heterocycles. The van der Waals surface area contributed by atoms with Crippen molar-refractivity contribution in [2.45, 2.75) is 71.3 Å². The van der Waals surface area contributed by atoms with Gasteiger partial charge in [0.1, 0.15) is 38.1 Å². The minimum absolute atomic E-state index is 0.00816. The monoisotopic (exact) mass is 807 g/mol. The second kappa shape index (κ2) is 22.2. The molecule has 0 aromatic heterocycles. The SMILES string of the molecule is CC(C)(C)OC(=O)N1C[C@@H](N(CCN(CC(=O)OCc2ccccc2)CC(=O)OCc2ccccc2)CC(=O)OCc2ccccc2)C[C@H]1C(=O)OCc1ccccc1. The first-order chi connectivity index (χ1) is 28.4. The molecule has 1 aliphatic rings. The summed E-state index contributed by atoms with van der Waals surface area (Å²) in [5, 5.41) is 0. The number of hydrogen-bond donors (Lipinski definition) is 0. The first-order valence-corrected chi connectivity index (χ1v) is 19.7. The van der Waals surface area contributed by atoms with Crippen LogP contribution in [0.5, 0.6) is 0 Å². The van der Waals surface area contributed by atoms with Crippen LogP contribution in [0.4, 0.5) is 4.79 Å². The van der Waals surface area contributed by atoms with Gasteiger partial charge in [0.05, 0.1) is 19.6 Å². The Balaban J connectivity index is 1.34. The first-order valence-electron chi connectivity index (χ1n) is 19.7. The number of carbonyl (C=O) groups is 5. The number of likely N-dealkylation sites (tertiary alicyclic amines) is 1. The molecule has 4 aromatic carbocycles. The van der Waals surface area contributed by atoms with Crippen LogP contribution in [0.15, 0.2) is 121 Å². The van der Waals surface area contributed by atoms with Crippen LogP contribution < -0.4 is 0 Å². The average molecular weight is 808 g/mol. The van der Waals surface area contributed by atoms with Gasteiger partial charge in [-0.2, -0.15) is 0 Å². The molecule has 13 nitrogen and oxygen atoms in total. The molecular weight excluding hydrogens is 755 g/mol. The van der Waals surface area contributed by atoms with Crippen LogP contribution in [0.1, 0.15) is 49.4 Å². The van der Waals surface area contributed by atoms with E-state index >= 15 is 0 Å². The molecule has 5 rings (SSSR count). The van der Waals surface area contributed by atoms with Crippen molar-refractivity contribution < 1.29 is 47.7 Å². The summed E-state index contributed by atoms with van der Waals surface area (Å²) in [5.41, 5.74) is 2.36. The molecule has 0 bridgehead atoms. The highest BCUT2D eigenvalue weighted by Crippen LogP contribution is 2.26. The Hall–Kier alpha value is -6.05. The fraction of sp³-hybridized carbons (Fsp3) is 0.370. The molecule has 0 unspecified atom stereocenters. The molecule has 0 saturated carbocycles. The fourth-order valence-corrected chi connectivity index (χ4v) is 6.41. The van der Waals surface area contributed by atoms with Crippen molar-refractivity contribution in [3.63, 3.8) is 0 Å². The number of hydrogen-bond acceptors (Lipinski definition) is 12. The van der Waals surface area contributed by atoms with E-state index in [1.165, 1.54) is 4.90 Å². The number of esters is 4. The van der Waals surface area contributed by atoms with Crippen molar-refractivity contribution in [1.29, 1.82) is 0 Å². The van der Waals surface area contributed by atoms with Crippen molar-refractivity contribution in [3.8, 4) is 0 Å². The van der Waals surface area contributed by atoms with Gasteiger partial charge >= 0.3 is 30.0 Å². The predicted octanol–water partition coefficient (Wildman–Crippen LogP) is 5.94. The van der Waals surface area contributed by atoms with Gasteiger partial charge in [0.2, 0.25) is 0 Å². The van der Waals surface area contributed by atoms with Crippen molar-refractivity contribution in [2.75, 3.05) is 39.3 Å². The molecule has 2 atom stereocenters. The van der Waals surface area contributed by atoms with Crippen LogP contribution in [0.3, 0.4) is 0 Å². The Kier molecular flexibility index (Phi) is 16.6. The molecule has 0 spiro atoms.